The molecule has 0 radical (unpaired) electrons. The molecule has 2 rings (SSSR count). The maximum absolute atomic E-state index is 11.6. The van der Waals surface area contributed by atoms with Crippen LogP contribution in [-0.4, -0.2) is 31.0 Å². The number of carbonyl (C=O) groups is 1. The van der Waals surface area contributed by atoms with E-state index in [1.54, 1.807) is 24.5 Å². The summed E-state index contributed by atoms with van der Waals surface area (Å²) in [6.07, 6.45) is 0. The van der Waals surface area contributed by atoms with Crippen LogP contribution in [-0.2, 0) is 0 Å². The fourth-order valence-corrected chi connectivity index (χ4v) is 2.54. The summed E-state index contributed by atoms with van der Waals surface area (Å²) in [5.41, 5.74) is 7.13. The van der Waals surface area contributed by atoms with E-state index in [1.807, 2.05) is 12.1 Å². The fraction of sp³-hybridized carbons (Fsp3) is 0.385. The maximum atomic E-state index is 11.6. The Morgan fingerprint density at radius 1 is 1.53 bits per heavy atom. The van der Waals surface area contributed by atoms with Crippen LogP contribution in [0.15, 0.2) is 18.2 Å². The van der Waals surface area contributed by atoms with Crippen molar-refractivity contribution in [3.8, 4) is 0 Å². The highest BCUT2D eigenvalue weighted by Crippen LogP contribution is 2.26. The largest absolute Gasteiger partial charge is 0.361 e. The smallest absolute Gasteiger partial charge is 0.251 e. The minimum absolute atomic E-state index is 0.0819. The van der Waals surface area contributed by atoms with Gasteiger partial charge in [-0.15, -0.1) is 0 Å². The number of benzene rings is 1. The molecule has 0 aliphatic rings. The number of fused-ring (bicyclic) bond motifs is 1. The standard InChI is InChI=1S/C13H18N4OS/c1-8(6-14)7-16-13-17-10-4-3-9(12(18)15-2)5-11(10)19-13/h3-5,8H,6-7,14H2,1-2H3,(H,15,18)(H,16,17)/t8-/m0/s1. The SMILES string of the molecule is CNC(=O)c1ccc2nc(NC[C@@H](C)CN)sc2c1. The van der Waals surface area contributed by atoms with Crippen LogP contribution in [0.1, 0.15) is 17.3 Å². The van der Waals surface area contributed by atoms with Crippen LogP contribution >= 0.6 is 11.3 Å². The van der Waals surface area contributed by atoms with Crippen LogP contribution in [0.4, 0.5) is 5.13 Å². The van der Waals surface area contributed by atoms with E-state index in [1.165, 1.54) is 0 Å². The Morgan fingerprint density at radius 3 is 3.00 bits per heavy atom. The average molecular weight is 278 g/mol. The van der Waals surface area contributed by atoms with Gasteiger partial charge in [0.1, 0.15) is 0 Å². The topological polar surface area (TPSA) is 80.0 Å². The quantitative estimate of drug-likeness (QED) is 0.777. The number of hydrogen-bond donors (Lipinski definition) is 3. The minimum atomic E-state index is -0.0819. The van der Waals surface area contributed by atoms with Crippen LogP contribution in [0, 0.1) is 5.92 Å². The van der Waals surface area contributed by atoms with Crippen molar-refractivity contribution in [2.45, 2.75) is 6.92 Å². The van der Waals surface area contributed by atoms with Crippen LogP contribution in [0.5, 0.6) is 0 Å². The van der Waals surface area contributed by atoms with Gasteiger partial charge in [0.15, 0.2) is 5.13 Å². The van der Waals surface area contributed by atoms with Gasteiger partial charge in [-0.1, -0.05) is 18.3 Å². The summed E-state index contributed by atoms with van der Waals surface area (Å²) < 4.78 is 1.00. The minimum Gasteiger partial charge on any atom is -0.361 e. The number of nitrogens with zero attached hydrogens (tertiary/aromatic N) is 1. The van der Waals surface area contributed by atoms with E-state index in [2.05, 4.69) is 22.5 Å². The van der Waals surface area contributed by atoms with E-state index in [0.29, 0.717) is 18.0 Å². The Morgan fingerprint density at radius 2 is 2.32 bits per heavy atom. The number of nitrogens with one attached hydrogen (secondary N) is 2. The summed E-state index contributed by atoms with van der Waals surface area (Å²) in [5.74, 6) is 0.329. The molecule has 1 aromatic carbocycles. The maximum Gasteiger partial charge on any atom is 0.251 e. The molecule has 2 aromatic rings. The van der Waals surface area contributed by atoms with Crippen LogP contribution in [0.2, 0.25) is 0 Å². The number of anilines is 1. The summed E-state index contributed by atoms with van der Waals surface area (Å²) in [4.78, 5) is 16.0. The Labute approximate surface area is 116 Å². The molecule has 4 N–H and O–H groups in total. The highest BCUT2D eigenvalue weighted by atomic mass is 32.1. The fourth-order valence-electron chi connectivity index (χ4n) is 1.63. The molecular weight excluding hydrogens is 260 g/mol. The van der Waals surface area contributed by atoms with Gasteiger partial charge in [0.2, 0.25) is 0 Å². The number of rotatable bonds is 5. The third-order valence-corrected chi connectivity index (χ3v) is 3.86. The molecular formula is C13H18N4OS. The molecule has 0 aliphatic carbocycles. The zero-order valence-electron chi connectivity index (χ0n) is 11.1. The van der Waals surface area contributed by atoms with E-state index < -0.39 is 0 Å². The molecule has 0 bridgehead atoms. The Kier molecular flexibility index (Phi) is 4.34. The van der Waals surface area contributed by atoms with Crippen molar-refractivity contribution in [1.82, 2.24) is 10.3 Å². The molecule has 0 fully saturated rings. The highest BCUT2D eigenvalue weighted by molar-refractivity contribution is 7.22. The first-order valence-corrected chi connectivity index (χ1v) is 7.02. The van der Waals surface area contributed by atoms with Gasteiger partial charge in [0, 0.05) is 19.2 Å². The van der Waals surface area contributed by atoms with E-state index in [4.69, 9.17) is 5.73 Å². The summed E-state index contributed by atoms with van der Waals surface area (Å²) >= 11 is 1.55. The molecule has 0 spiro atoms. The monoisotopic (exact) mass is 278 g/mol. The molecule has 102 valence electrons. The molecule has 1 amide bonds. The van der Waals surface area contributed by atoms with Gasteiger partial charge in [-0.3, -0.25) is 4.79 Å². The number of aromatic nitrogens is 1. The first kappa shape index (κ1) is 13.8. The molecule has 0 saturated heterocycles. The molecule has 1 aromatic heterocycles. The van der Waals surface area contributed by atoms with Crippen molar-refractivity contribution in [3.63, 3.8) is 0 Å². The Bertz CT molecular complexity index is 581. The normalized spacial score (nSPS) is 12.4. The zero-order valence-corrected chi connectivity index (χ0v) is 11.9. The third-order valence-electron chi connectivity index (χ3n) is 2.88. The van der Waals surface area contributed by atoms with Crippen molar-refractivity contribution < 1.29 is 4.79 Å². The predicted molar refractivity (Wildman–Crippen MR) is 79.7 cm³/mol. The van der Waals surface area contributed by atoms with Crippen molar-refractivity contribution in [2.75, 3.05) is 25.5 Å². The Hall–Kier alpha value is -1.66. The van der Waals surface area contributed by atoms with Crippen LogP contribution in [0.3, 0.4) is 0 Å². The van der Waals surface area contributed by atoms with Crippen molar-refractivity contribution >= 4 is 32.6 Å². The summed E-state index contributed by atoms with van der Waals surface area (Å²) in [7, 11) is 1.63. The average Bonchev–Trinajstić information content (AvgIpc) is 2.85. The van der Waals surface area contributed by atoms with Gasteiger partial charge in [-0.2, -0.15) is 0 Å². The van der Waals surface area contributed by atoms with Crippen molar-refractivity contribution in [1.29, 1.82) is 0 Å². The van der Waals surface area contributed by atoms with Gasteiger partial charge in [0.05, 0.1) is 10.2 Å². The van der Waals surface area contributed by atoms with Crippen LogP contribution < -0.4 is 16.4 Å². The molecule has 1 heterocycles. The molecule has 1 atom stereocenters. The molecule has 19 heavy (non-hydrogen) atoms. The molecule has 0 saturated carbocycles. The number of hydrogen-bond acceptors (Lipinski definition) is 5. The lowest BCUT2D eigenvalue weighted by molar-refractivity contribution is 0.0963. The second-order valence-corrected chi connectivity index (χ2v) is 5.53. The predicted octanol–water partition coefficient (Wildman–Crippen LogP) is 1.66. The molecule has 0 aliphatic heterocycles. The number of carbonyl (C=O) groups excluding carboxylic acids is 1. The molecule has 5 nitrogen and oxygen atoms in total. The van der Waals surface area contributed by atoms with Crippen molar-refractivity contribution in [3.05, 3.63) is 23.8 Å². The van der Waals surface area contributed by atoms with Gasteiger partial charge in [-0.05, 0) is 30.7 Å². The second-order valence-electron chi connectivity index (χ2n) is 4.50. The highest BCUT2D eigenvalue weighted by Gasteiger charge is 2.08. The van der Waals surface area contributed by atoms with Gasteiger partial charge >= 0.3 is 0 Å². The number of nitrogens with two attached hydrogens (primary N) is 1. The van der Waals surface area contributed by atoms with Gasteiger partial charge in [0.25, 0.3) is 5.91 Å². The van der Waals surface area contributed by atoms with E-state index in [-0.39, 0.29) is 5.91 Å². The van der Waals surface area contributed by atoms with Gasteiger partial charge in [-0.25, -0.2) is 4.98 Å². The van der Waals surface area contributed by atoms with E-state index in [0.717, 1.165) is 21.9 Å². The molecule has 0 unspecified atom stereocenters. The number of thiazole rings is 1. The first-order valence-electron chi connectivity index (χ1n) is 6.20. The lowest BCUT2D eigenvalue weighted by Gasteiger charge is -2.07. The summed E-state index contributed by atoms with van der Waals surface area (Å²) in [5, 5.41) is 6.76. The number of amides is 1. The van der Waals surface area contributed by atoms with E-state index in [9.17, 15) is 4.79 Å². The lowest BCUT2D eigenvalue weighted by Crippen LogP contribution is -2.19. The first-order chi connectivity index (χ1) is 9.13. The lowest BCUT2D eigenvalue weighted by atomic mass is 10.2. The van der Waals surface area contributed by atoms with Crippen molar-refractivity contribution in [2.24, 2.45) is 11.7 Å². The van der Waals surface area contributed by atoms with Crippen LogP contribution in [0.25, 0.3) is 10.2 Å². The second kappa shape index (κ2) is 5.99. The summed E-state index contributed by atoms with van der Waals surface area (Å²) in [6, 6.07) is 5.52. The van der Waals surface area contributed by atoms with E-state index >= 15 is 0 Å². The Balaban J connectivity index is 2.18. The van der Waals surface area contributed by atoms with Gasteiger partial charge < -0.3 is 16.4 Å². The molecule has 6 heteroatoms. The summed E-state index contributed by atoms with van der Waals surface area (Å²) in [6.45, 7) is 3.54. The third kappa shape index (κ3) is 3.21. The zero-order chi connectivity index (χ0) is 13.8.